The van der Waals surface area contributed by atoms with E-state index < -0.39 is 0 Å². The smallest absolute Gasteiger partial charge is 0.318 e. The van der Waals surface area contributed by atoms with Crippen molar-refractivity contribution in [3.05, 3.63) is 40.7 Å². The molecule has 1 heterocycles. The summed E-state index contributed by atoms with van der Waals surface area (Å²) in [7, 11) is 1.90. The Labute approximate surface area is 111 Å². The summed E-state index contributed by atoms with van der Waals surface area (Å²) in [6.45, 7) is 2.30. The second kappa shape index (κ2) is 5.37. The van der Waals surface area contributed by atoms with E-state index in [9.17, 15) is 0 Å². The molecule has 0 saturated carbocycles. The normalized spacial score (nSPS) is 12.4. The van der Waals surface area contributed by atoms with Gasteiger partial charge in [0, 0.05) is 12.1 Å². The molecular weight excluding hydrogens is 252 g/mol. The van der Waals surface area contributed by atoms with Crippen LogP contribution in [0.2, 0.25) is 5.02 Å². The molecule has 0 fully saturated rings. The third-order valence-electron chi connectivity index (χ3n) is 2.87. The van der Waals surface area contributed by atoms with Crippen molar-refractivity contribution in [2.75, 3.05) is 11.9 Å². The summed E-state index contributed by atoms with van der Waals surface area (Å²) in [5.74, 6) is 0.431. The van der Waals surface area contributed by atoms with Gasteiger partial charge in [0.05, 0.1) is 12.6 Å². The molecule has 0 aliphatic carbocycles. The van der Waals surface area contributed by atoms with Crippen molar-refractivity contribution in [2.24, 2.45) is 5.73 Å². The molecule has 0 amide bonds. The second-order valence-electron chi connectivity index (χ2n) is 4.02. The van der Waals surface area contributed by atoms with Crippen LogP contribution in [0.15, 0.2) is 28.7 Å². The van der Waals surface area contributed by atoms with E-state index in [4.69, 9.17) is 21.8 Å². The number of halogens is 1. The number of aromatic nitrogens is 2. The van der Waals surface area contributed by atoms with Crippen LogP contribution >= 0.6 is 11.6 Å². The number of hydrogen-bond donors (Lipinski definition) is 1. The van der Waals surface area contributed by atoms with Crippen molar-refractivity contribution in [1.82, 2.24) is 10.2 Å². The molecule has 0 saturated heterocycles. The van der Waals surface area contributed by atoms with Gasteiger partial charge < -0.3 is 15.1 Å². The topological polar surface area (TPSA) is 68.2 Å². The number of hydrogen-bond acceptors (Lipinski definition) is 5. The first-order valence-corrected chi connectivity index (χ1v) is 6.00. The molecule has 1 atom stereocenters. The van der Waals surface area contributed by atoms with Crippen LogP contribution in [0.5, 0.6) is 0 Å². The highest BCUT2D eigenvalue weighted by molar-refractivity contribution is 6.30. The molecular formula is C12H15ClN4O. The van der Waals surface area contributed by atoms with Gasteiger partial charge in [-0.2, -0.15) is 0 Å². The van der Waals surface area contributed by atoms with Crippen molar-refractivity contribution in [3.8, 4) is 0 Å². The Balaban J connectivity index is 2.17. The zero-order valence-corrected chi connectivity index (χ0v) is 11.1. The Kier molecular flexibility index (Phi) is 3.84. The average molecular weight is 267 g/mol. The third-order valence-corrected chi connectivity index (χ3v) is 3.12. The molecule has 0 radical (unpaired) electrons. The first kappa shape index (κ1) is 12.9. The fraction of sp³-hybridized carbons (Fsp3) is 0.333. The van der Waals surface area contributed by atoms with Gasteiger partial charge in [-0.25, -0.2) is 0 Å². The van der Waals surface area contributed by atoms with Crippen LogP contribution in [0, 0.1) is 0 Å². The Hall–Kier alpha value is -1.59. The number of nitrogens with zero attached hydrogens (tertiary/aromatic N) is 3. The fourth-order valence-corrected chi connectivity index (χ4v) is 1.73. The molecule has 1 unspecified atom stereocenters. The molecule has 0 aliphatic heterocycles. The number of benzene rings is 1. The van der Waals surface area contributed by atoms with Crippen molar-refractivity contribution in [3.63, 3.8) is 0 Å². The highest BCUT2D eigenvalue weighted by atomic mass is 35.5. The molecule has 2 N–H and O–H groups in total. The van der Waals surface area contributed by atoms with Crippen LogP contribution in [-0.2, 0) is 6.54 Å². The highest BCUT2D eigenvalue weighted by Gasteiger charge is 2.17. The predicted molar refractivity (Wildman–Crippen MR) is 70.5 cm³/mol. The predicted octanol–water partition coefficient (Wildman–Crippen LogP) is 2.38. The van der Waals surface area contributed by atoms with E-state index >= 15 is 0 Å². The monoisotopic (exact) mass is 266 g/mol. The van der Waals surface area contributed by atoms with Crippen molar-refractivity contribution in [2.45, 2.75) is 19.5 Å². The molecule has 2 rings (SSSR count). The molecule has 6 heteroatoms. The summed E-state index contributed by atoms with van der Waals surface area (Å²) >= 11 is 5.87. The minimum atomic E-state index is 0.105. The first-order chi connectivity index (χ1) is 8.61. The zero-order chi connectivity index (χ0) is 13.1. The van der Waals surface area contributed by atoms with E-state index in [2.05, 4.69) is 17.1 Å². The van der Waals surface area contributed by atoms with Gasteiger partial charge in [0.1, 0.15) is 0 Å². The fourth-order valence-electron chi connectivity index (χ4n) is 1.60. The average Bonchev–Trinajstić information content (AvgIpc) is 2.86. The molecule has 0 aliphatic rings. The van der Waals surface area contributed by atoms with Crippen LogP contribution in [0.4, 0.5) is 6.01 Å². The summed E-state index contributed by atoms with van der Waals surface area (Å²) in [5, 5.41) is 8.52. The first-order valence-electron chi connectivity index (χ1n) is 5.62. The summed E-state index contributed by atoms with van der Waals surface area (Å²) < 4.78 is 5.41. The summed E-state index contributed by atoms with van der Waals surface area (Å²) in [6, 6.07) is 8.24. The van der Waals surface area contributed by atoms with Gasteiger partial charge in [0.2, 0.25) is 5.89 Å². The van der Waals surface area contributed by atoms with E-state index in [0.717, 1.165) is 10.6 Å². The van der Waals surface area contributed by atoms with Crippen molar-refractivity contribution < 1.29 is 4.42 Å². The van der Waals surface area contributed by atoms with Gasteiger partial charge in [0.15, 0.2) is 0 Å². The number of anilines is 1. The second-order valence-corrected chi connectivity index (χ2v) is 4.46. The van der Waals surface area contributed by atoms with Gasteiger partial charge in [-0.1, -0.05) is 28.8 Å². The Morgan fingerprint density at radius 3 is 2.56 bits per heavy atom. The summed E-state index contributed by atoms with van der Waals surface area (Å²) in [4.78, 5) is 1.90. The lowest BCUT2D eigenvalue weighted by Gasteiger charge is -2.22. The SMILES string of the molecule is CC(c1ccc(Cl)cc1)N(C)c1nnc(CN)o1. The van der Waals surface area contributed by atoms with Gasteiger partial charge in [-0.05, 0) is 24.6 Å². The maximum atomic E-state index is 5.87. The largest absolute Gasteiger partial charge is 0.407 e. The van der Waals surface area contributed by atoms with Crippen molar-refractivity contribution in [1.29, 1.82) is 0 Å². The Bertz CT molecular complexity index is 511. The molecule has 0 bridgehead atoms. The van der Waals surface area contributed by atoms with E-state index in [-0.39, 0.29) is 12.6 Å². The molecule has 18 heavy (non-hydrogen) atoms. The van der Waals surface area contributed by atoms with Crippen LogP contribution in [-0.4, -0.2) is 17.2 Å². The minimum Gasteiger partial charge on any atom is -0.407 e. The molecule has 2 aromatic rings. The highest BCUT2D eigenvalue weighted by Crippen LogP contribution is 2.25. The van der Waals surface area contributed by atoms with Gasteiger partial charge in [-0.15, -0.1) is 5.10 Å². The number of rotatable bonds is 4. The zero-order valence-electron chi connectivity index (χ0n) is 10.3. The molecule has 5 nitrogen and oxygen atoms in total. The lowest BCUT2D eigenvalue weighted by atomic mass is 10.1. The Morgan fingerprint density at radius 1 is 1.33 bits per heavy atom. The lowest BCUT2D eigenvalue weighted by Crippen LogP contribution is -2.21. The standard InChI is InChI=1S/C12H15ClN4O/c1-8(9-3-5-10(13)6-4-9)17(2)12-16-15-11(7-14)18-12/h3-6,8H,7,14H2,1-2H3. The molecule has 0 spiro atoms. The quantitative estimate of drug-likeness (QED) is 0.920. The van der Waals surface area contributed by atoms with Crippen LogP contribution in [0.1, 0.15) is 24.4 Å². The molecule has 96 valence electrons. The maximum absolute atomic E-state index is 5.87. The number of nitrogens with two attached hydrogens (primary N) is 1. The molecule has 1 aromatic carbocycles. The summed E-state index contributed by atoms with van der Waals surface area (Å²) in [5.41, 5.74) is 6.56. The minimum absolute atomic E-state index is 0.105. The van der Waals surface area contributed by atoms with Gasteiger partial charge >= 0.3 is 6.01 Å². The Morgan fingerprint density at radius 2 is 2.00 bits per heavy atom. The van der Waals surface area contributed by atoms with E-state index in [0.29, 0.717) is 11.9 Å². The van der Waals surface area contributed by atoms with E-state index in [1.807, 2.05) is 36.2 Å². The van der Waals surface area contributed by atoms with Gasteiger partial charge in [-0.3, -0.25) is 0 Å². The third kappa shape index (κ3) is 2.63. The van der Waals surface area contributed by atoms with Crippen LogP contribution in [0.25, 0.3) is 0 Å². The summed E-state index contributed by atoms with van der Waals surface area (Å²) in [6.07, 6.45) is 0. The lowest BCUT2D eigenvalue weighted by molar-refractivity contribution is 0.480. The van der Waals surface area contributed by atoms with Crippen LogP contribution in [0.3, 0.4) is 0 Å². The van der Waals surface area contributed by atoms with Crippen molar-refractivity contribution >= 4 is 17.6 Å². The maximum Gasteiger partial charge on any atom is 0.318 e. The molecule has 1 aromatic heterocycles. The van der Waals surface area contributed by atoms with E-state index in [1.165, 1.54) is 0 Å². The van der Waals surface area contributed by atoms with E-state index in [1.54, 1.807) is 0 Å². The van der Waals surface area contributed by atoms with Crippen LogP contribution < -0.4 is 10.6 Å². The van der Waals surface area contributed by atoms with Gasteiger partial charge in [0.25, 0.3) is 0 Å².